The minimum Gasteiger partial charge on any atom is -0.497 e. The molecule has 0 radical (unpaired) electrons. The molecular formula is C29H28Cl2F2N2O3. The lowest BCUT2D eigenvalue weighted by Gasteiger charge is -2.41. The van der Waals surface area contributed by atoms with Crippen molar-refractivity contribution < 1.29 is 23.4 Å². The summed E-state index contributed by atoms with van der Waals surface area (Å²) in [6, 6.07) is 9.40. The number of rotatable bonds is 8. The van der Waals surface area contributed by atoms with Crippen LogP contribution in [0.1, 0.15) is 49.4 Å². The third-order valence-corrected chi connectivity index (χ3v) is 7.67. The molecule has 1 aromatic heterocycles. The fraction of sp³-hybridized carbons (Fsp3) is 0.379. The van der Waals surface area contributed by atoms with Gasteiger partial charge in [-0.2, -0.15) is 0 Å². The van der Waals surface area contributed by atoms with E-state index < -0.39 is 23.4 Å². The average molecular weight is 561 g/mol. The van der Waals surface area contributed by atoms with Gasteiger partial charge in [-0.15, -0.1) is 0 Å². The highest BCUT2D eigenvalue weighted by atomic mass is 35.5. The van der Waals surface area contributed by atoms with E-state index in [4.69, 9.17) is 27.9 Å². The molecule has 0 unspecified atom stereocenters. The van der Waals surface area contributed by atoms with Crippen LogP contribution >= 0.6 is 23.2 Å². The molecule has 3 aromatic rings. The molecule has 0 aliphatic carbocycles. The van der Waals surface area contributed by atoms with E-state index in [9.17, 15) is 14.3 Å². The molecule has 1 aliphatic heterocycles. The molecule has 38 heavy (non-hydrogen) atoms. The molecule has 9 heteroatoms. The number of methoxy groups -OCH3 is 1. The van der Waals surface area contributed by atoms with Gasteiger partial charge in [0.15, 0.2) is 0 Å². The Bertz CT molecular complexity index is 1360. The van der Waals surface area contributed by atoms with Crippen molar-refractivity contribution in [2.24, 2.45) is 5.41 Å². The molecule has 0 saturated carbocycles. The number of carbonyl (C=O) groups is 1. The zero-order chi connectivity index (χ0) is 27.3. The summed E-state index contributed by atoms with van der Waals surface area (Å²) in [5.41, 5.74) is 0.943. The summed E-state index contributed by atoms with van der Waals surface area (Å²) in [5, 5.41) is 10.7. The molecule has 0 amide bonds. The van der Waals surface area contributed by atoms with Gasteiger partial charge in [-0.25, -0.2) is 8.78 Å². The van der Waals surface area contributed by atoms with E-state index in [-0.39, 0.29) is 22.9 Å². The number of hydrogen-bond donors (Lipinski definition) is 1. The van der Waals surface area contributed by atoms with Crippen LogP contribution in [-0.2, 0) is 4.79 Å². The van der Waals surface area contributed by atoms with Crippen molar-refractivity contribution in [3.05, 3.63) is 69.6 Å². The Balaban J connectivity index is 1.43. The lowest BCUT2D eigenvalue weighted by atomic mass is 9.71. The van der Waals surface area contributed by atoms with Gasteiger partial charge >= 0.3 is 5.97 Å². The number of benzene rings is 2. The molecular weight excluding hydrogens is 533 g/mol. The summed E-state index contributed by atoms with van der Waals surface area (Å²) in [6.45, 7) is 1.74. The number of carboxylic acid groups (broad SMARTS) is 1. The monoisotopic (exact) mass is 560 g/mol. The zero-order valence-electron chi connectivity index (χ0n) is 20.9. The zero-order valence-corrected chi connectivity index (χ0v) is 22.5. The summed E-state index contributed by atoms with van der Waals surface area (Å²) in [5.74, 6) is 5.21. The lowest BCUT2D eigenvalue weighted by molar-refractivity contribution is -0.141. The topological polar surface area (TPSA) is 62.7 Å². The fourth-order valence-electron chi connectivity index (χ4n) is 5.09. The van der Waals surface area contributed by atoms with Crippen LogP contribution in [0.3, 0.4) is 0 Å². The predicted molar refractivity (Wildman–Crippen MR) is 145 cm³/mol. The summed E-state index contributed by atoms with van der Waals surface area (Å²) in [6.07, 6.45) is 1.81. The standard InChI is InChI=1S/C29H28Cl2F2N2O3/c1-38-22-4-5-26-23(16-22)28(24(31)18-34-26)25(33)6-7-29(17-27(36)37)8-11-35(12-9-29)10-2-3-19-13-20(30)15-21(32)14-19/h4-5,13-16,18,25H,6-12,17H2,1H3,(H,36,37)/t25-/m1/s1. The first kappa shape index (κ1) is 28.1. The first-order valence-corrected chi connectivity index (χ1v) is 13.1. The van der Waals surface area contributed by atoms with Crippen molar-refractivity contribution in [3.8, 4) is 17.6 Å². The summed E-state index contributed by atoms with van der Waals surface area (Å²) >= 11 is 12.3. The maximum atomic E-state index is 15.7. The van der Waals surface area contributed by atoms with Gasteiger partial charge < -0.3 is 9.84 Å². The Morgan fingerprint density at radius 1 is 1.24 bits per heavy atom. The SMILES string of the molecule is COc1ccc2ncc(Cl)c([C@H](F)CCC3(CC(=O)O)CCN(CC#Cc4cc(F)cc(Cl)c4)CC3)c2c1. The Morgan fingerprint density at radius 2 is 2.00 bits per heavy atom. The van der Waals surface area contributed by atoms with Gasteiger partial charge in [-0.1, -0.05) is 35.0 Å². The molecule has 5 nitrogen and oxygen atoms in total. The molecule has 2 aromatic carbocycles. The highest BCUT2D eigenvalue weighted by Gasteiger charge is 2.37. The van der Waals surface area contributed by atoms with Gasteiger partial charge in [0.1, 0.15) is 17.7 Å². The van der Waals surface area contributed by atoms with Gasteiger partial charge in [0.2, 0.25) is 0 Å². The summed E-state index contributed by atoms with van der Waals surface area (Å²) in [4.78, 5) is 18.2. The van der Waals surface area contributed by atoms with E-state index in [1.54, 1.807) is 24.3 Å². The molecule has 1 N–H and O–H groups in total. The van der Waals surface area contributed by atoms with E-state index >= 15 is 4.39 Å². The number of piperidine rings is 1. The largest absolute Gasteiger partial charge is 0.497 e. The normalized spacial score (nSPS) is 16.0. The van der Waals surface area contributed by atoms with E-state index in [0.717, 1.165) is 0 Å². The summed E-state index contributed by atoms with van der Waals surface area (Å²) < 4.78 is 34.5. The van der Waals surface area contributed by atoms with Crippen molar-refractivity contribution in [3.63, 3.8) is 0 Å². The fourth-order valence-corrected chi connectivity index (χ4v) is 5.58. The number of halogens is 4. The average Bonchev–Trinajstić information content (AvgIpc) is 2.87. The highest BCUT2D eigenvalue weighted by molar-refractivity contribution is 6.32. The molecule has 0 bridgehead atoms. The number of aliphatic carboxylic acids is 1. The maximum absolute atomic E-state index is 15.7. The molecule has 4 rings (SSSR count). The molecule has 1 aliphatic rings. The lowest BCUT2D eigenvalue weighted by Crippen LogP contribution is -2.41. The third kappa shape index (κ3) is 6.93. The van der Waals surface area contributed by atoms with Crippen molar-refractivity contribution in [2.45, 2.75) is 38.3 Å². The van der Waals surface area contributed by atoms with Crippen LogP contribution in [0.15, 0.2) is 42.6 Å². The minimum absolute atomic E-state index is 0.0281. The number of fused-ring (bicyclic) bond motifs is 1. The minimum atomic E-state index is -1.38. The smallest absolute Gasteiger partial charge is 0.303 e. The maximum Gasteiger partial charge on any atom is 0.303 e. The number of hydrogen-bond acceptors (Lipinski definition) is 4. The van der Waals surface area contributed by atoms with Crippen molar-refractivity contribution in [2.75, 3.05) is 26.7 Å². The quantitative estimate of drug-likeness (QED) is 0.298. The summed E-state index contributed by atoms with van der Waals surface area (Å²) in [7, 11) is 1.54. The predicted octanol–water partition coefficient (Wildman–Crippen LogP) is 7.09. The van der Waals surface area contributed by atoms with Crippen LogP contribution in [0.4, 0.5) is 8.78 Å². The Kier molecular flexibility index (Phi) is 9.09. The van der Waals surface area contributed by atoms with Crippen LogP contribution in [-0.4, -0.2) is 47.7 Å². The van der Waals surface area contributed by atoms with Crippen LogP contribution < -0.4 is 4.74 Å². The molecule has 0 spiro atoms. The molecule has 1 fully saturated rings. The Hall–Kier alpha value is -2.92. The van der Waals surface area contributed by atoms with Crippen LogP contribution in [0.2, 0.25) is 10.0 Å². The second-order valence-corrected chi connectivity index (χ2v) is 10.6. The van der Waals surface area contributed by atoms with Crippen LogP contribution in [0.5, 0.6) is 5.75 Å². The number of carboxylic acids is 1. The Morgan fingerprint density at radius 3 is 2.68 bits per heavy atom. The number of aromatic nitrogens is 1. The van der Waals surface area contributed by atoms with Crippen LogP contribution in [0.25, 0.3) is 10.9 Å². The number of nitrogens with zero attached hydrogens (tertiary/aromatic N) is 2. The van der Waals surface area contributed by atoms with Gasteiger partial charge in [0.25, 0.3) is 0 Å². The second-order valence-electron chi connectivity index (χ2n) is 9.72. The highest BCUT2D eigenvalue weighted by Crippen LogP contribution is 2.44. The molecule has 2 heterocycles. The van der Waals surface area contributed by atoms with Gasteiger partial charge in [-0.05, 0) is 80.6 Å². The molecule has 1 saturated heterocycles. The van der Waals surface area contributed by atoms with E-state index in [1.807, 2.05) is 0 Å². The number of alkyl halides is 1. The van der Waals surface area contributed by atoms with E-state index in [2.05, 4.69) is 21.7 Å². The molecule has 1 atom stereocenters. The number of ether oxygens (including phenoxy) is 1. The number of pyridine rings is 1. The van der Waals surface area contributed by atoms with Crippen LogP contribution in [0, 0.1) is 23.1 Å². The second kappa shape index (κ2) is 12.3. The van der Waals surface area contributed by atoms with Crippen molar-refractivity contribution >= 4 is 40.1 Å². The Labute approximate surface area is 230 Å². The van der Waals surface area contributed by atoms with E-state index in [0.29, 0.717) is 66.7 Å². The van der Waals surface area contributed by atoms with Crippen molar-refractivity contribution in [1.29, 1.82) is 0 Å². The van der Waals surface area contributed by atoms with Gasteiger partial charge in [0.05, 0.1) is 30.6 Å². The first-order valence-electron chi connectivity index (χ1n) is 12.3. The van der Waals surface area contributed by atoms with Crippen molar-refractivity contribution in [1.82, 2.24) is 9.88 Å². The number of likely N-dealkylation sites (tertiary alicyclic amines) is 1. The van der Waals surface area contributed by atoms with Gasteiger partial charge in [0, 0.05) is 27.7 Å². The third-order valence-electron chi connectivity index (χ3n) is 7.15. The van der Waals surface area contributed by atoms with Gasteiger partial charge in [-0.3, -0.25) is 14.7 Å². The first-order chi connectivity index (χ1) is 18.2. The van der Waals surface area contributed by atoms with E-state index in [1.165, 1.54) is 25.4 Å². The molecule has 200 valence electrons.